The molecule has 1 aliphatic heterocycles. The highest BCUT2D eigenvalue weighted by molar-refractivity contribution is 9.11. The van der Waals surface area contributed by atoms with Crippen molar-refractivity contribution in [2.45, 2.75) is 24.0 Å². The molecule has 0 bridgehead atoms. The maximum Gasteiger partial charge on any atom is 0.252 e. The molecular weight excluding hydrogens is 522 g/mol. The molecule has 5 rings (SSSR count). The number of thiophene rings is 1. The average Bonchev–Trinajstić information content (AvgIpc) is 3.42. The smallest absolute Gasteiger partial charge is 0.252 e. The van der Waals surface area contributed by atoms with Gasteiger partial charge >= 0.3 is 0 Å². The zero-order chi connectivity index (χ0) is 23.3. The fraction of sp³-hybridized carbons (Fsp3) is 0.304. The Balaban J connectivity index is 1.56. The molecule has 0 aliphatic carbocycles. The molecule has 170 valence electrons. The van der Waals surface area contributed by atoms with Crippen LogP contribution in [0.2, 0.25) is 0 Å². The molecule has 0 spiro atoms. The summed E-state index contributed by atoms with van der Waals surface area (Å²) >= 11 is 4.58. The second-order valence-corrected chi connectivity index (χ2v) is 12.9. The highest BCUT2D eigenvalue weighted by Crippen LogP contribution is 2.34. The fourth-order valence-corrected chi connectivity index (χ4v) is 7.94. The third kappa shape index (κ3) is 3.73. The summed E-state index contributed by atoms with van der Waals surface area (Å²) in [5, 5.41) is 9.93. The highest BCUT2D eigenvalue weighted by Gasteiger charge is 2.31. The minimum atomic E-state index is -3.51. The van der Waals surface area contributed by atoms with Crippen LogP contribution in [0, 0.1) is 11.3 Å². The molecule has 0 atom stereocenters. The maximum atomic E-state index is 13.1. The number of halogens is 1. The Hall–Kier alpha value is -2.45. The van der Waals surface area contributed by atoms with Gasteiger partial charge in [0, 0.05) is 26.2 Å². The topological polar surface area (TPSA) is 81.7 Å². The molecule has 1 aliphatic rings. The van der Waals surface area contributed by atoms with E-state index in [9.17, 15) is 13.7 Å². The van der Waals surface area contributed by atoms with Gasteiger partial charge in [0.1, 0.15) is 16.1 Å². The molecule has 1 aromatic carbocycles. The number of sulfonamides is 1. The number of nitrogens with zero attached hydrogens (tertiary/aromatic N) is 5. The van der Waals surface area contributed by atoms with Gasteiger partial charge in [-0.1, -0.05) is 26.0 Å². The van der Waals surface area contributed by atoms with E-state index in [-0.39, 0.29) is 5.92 Å². The van der Waals surface area contributed by atoms with E-state index >= 15 is 0 Å². The van der Waals surface area contributed by atoms with Gasteiger partial charge in [-0.15, -0.1) is 11.3 Å². The van der Waals surface area contributed by atoms with Gasteiger partial charge < -0.3 is 4.90 Å². The van der Waals surface area contributed by atoms with Gasteiger partial charge in [0.2, 0.25) is 0 Å². The van der Waals surface area contributed by atoms with Gasteiger partial charge in [0.25, 0.3) is 10.0 Å². The molecule has 4 heterocycles. The Bertz CT molecular complexity index is 1510. The van der Waals surface area contributed by atoms with E-state index in [2.05, 4.69) is 46.8 Å². The van der Waals surface area contributed by atoms with Crippen LogP contribution in [0.25, 0.3) is 16.7 Å². The molecule has 1 fully saturated rings. The van der Waals surface area contributed by atoms with Crippen molar-refractivity contribution in [3.8, 4) is 6.07 Å². The number of hydrogen-bond acceptors (Lipinski definition) is 6. The van der Waals surface area contributed by atoms with Crippen molar-refractivity contribution in [2.75, 3.05) is 31.1 Å². The number of rotatable bonds is 4. The second-order valence-electron chi connectivity index (χ2n) is 8.31. The molecule has 0 amide bonds. The molecule has 0 N–H and O–H groups in total. The number of para-hydroxylation sites is 2. The number of nitriles is 1. The first kappa shape index (κ1) is 22.3. The predicted molar refractivity (Wildman–Crippen MR) is 134 cm³/mol. The summed E-state index contributed by atoms with van der Waals surface area (Å²) in [6, 6.07) is 15.7. The lowest BCUT2D eigenvalue weighted by Gasteiger charge is -2.35. The molecule has 3 aromatic heterocycles. The van der Waals surface area contributed by atoms with Crippen molar-refractivity contribution < 1.29 is 8.42 Å². The Morgan fingerprint density at radius 1 is 1.12 bits per heavy atom. The van der Waals surface area contributed by atoms with Crippen molar-refractivity contribution in [2.24, 2.45) is 0 Å². The highest BCUT2D eigenvalue weighted by atomic mass is 79.9. The van der Waals surface area contributed by atoms with Crippen molar-refractivity contribution >= 4 is 59.8 Å². The largest absolute Gasteiger partial charge is 0.355 e. The number of pyridine rings is 1. The fourth-order valence-electron chi connectivity index (χ4n) is 4.35. The summed E-state index contributed by atoms with van der Waals surface area (Å²) in [5.74, 6) is 1.10. The summed E-state index contributed by atoms with van der Waals surface area (Å²) in [7, 11) is -3.51. The van der Waals surface area contributed by atoms with Crippen LogP contribution in [0.5, 0.6) is 0 Å². The number of benzene rings is 1. The quantitative estimate of drug-likeness (QED) is 0.368. The molecule has 0 unspecified atom stereocenters. The molecule has 4 aromatic rings. The van der Waals surface area contributed by atoms with Crippen LogP contribution in [0.1, 0.15) is 30.9 Å². The van der Waals surface area contributed by atoms with E-state index < -0.39 is 10.0 Å². The molecule has 0 saturated carbocycles. The van der Waals surface area contributed by atoms with Crippen LogP contribution in [-0.2, 0) is 10.0 Å². The van der Waals surface area contributed by atoms with Gasteiger partial charge in [0.05, 0.1) is 20.4 Å². The SMILES string of the molecule is CC(C)c1cc(N2CCN(S(=O)(=O)c3ccc(Br)s3)CC2)n2c(nc3ccccc32)c1C#N. The summed E-state index contributed by atoms with van der Waals surface area (Å²) < 4.78 is 30.9. The van der Waals surface area contributed by atoms with E-state index in [0.717, 1.165) is 26.2 Å². The van der Waals surface area contributed by atoms with Crippen molar-refractivity contribution in [1.29, 1.82) is 5.26 Å². The van der Waals surface area contributed by atoms with Crippen LogP contribution < -0.4 is 4.90 Å². The molecule has 1 saturated heterocycles. The molecule has 0 radical (unpaired) electrons. The lowest BCUT2D eigenvalue weighted by atomic mass is 9.98. The lowest BCUT2D eigenvalue weighted by molar-refractivity contribution is 0.384. The Kier molecular flexibility index (Phi) is 5.69. The lowest BCUT2D eigenvalue weighted by Crippen LogP contribution is -2.49. The van der Waals surface area contributed by atoms with E-state index in [4.69, 9.17) is 4.98 Å². The first-order valence-electron chi connectivity index (χ1n) is 10.7. The second kappa shape index (κ2) is 8.40. The minimum absolute atomic E-state index is 0.155. The van der Waals surface area contributed by atoms with Crippen molar-refractivity contribution in [3.05, 3.63) is 57.4 Å². The van der Waals surface area contributed by atoms with Crippen molar-refractivity contribution in [1.82, 2.24) is 13.7 Å². The number of hydrogen-bond donors (Lipinski definition) is 0. The number of anilines is 1. The summed E-state index contributed by atoms with van der Waals surface area (Å²) in [6.45, 7) is 6.03. The van der Waals surface area contributed by atoms with Gasteiger partial charge in [-0.25, -0.2) is 13.4 Å². The summed E-state index contributed by atoms with van der Waals surface area (Å²) in [5.41, 5.74) is 3.97. The normalized spacial score (nSPS) is 15.5. The van der Waals surface area contributed by atoms with E-state index in [1.54, 1.807) is 16.4 Å². The van der Waals surface area contributed by atoms with Crippen LogP contribution in [0.15, 0.2) is 50.5 Å². The first-order valence-corrected chi connectivity index (χ1v) is 13.7. The number of imidazole rings is 1. The van der Waals surface area contributed by atoms with Crippen LogP contribution in [0.3, 0.4) is 0 Å². The van der Waals surface area contributed by atoms with Crippen LogP contribution >= 0.6 is 27.3 Å². The summed E-state index contributed by atoms with van der Waals surface area (Å²) in [4.78, 5) is 6.98. The molecular formula is C23H22BrN5O2S2. The zero-order valence-electron chi connectivity index (χ0n) is 18.2. The van der Waals surface area contributed by atoms with E-state index in [1.165, 1.54) is 11.3 Å². The van der Waals surface area contributed by atoms with E-state index in [0.29, 0.717) is 41.6 Å². The first-order chi connectivity index (χ1) is 15.8. The number of aromatic nitrogens is 2. The van der Waals surface area contributed by atoms with Gasteiger partial charge in [0.15, 0.2) is 5.65 Å². The number of piperazine rings is 1. The van der Waals surface area contributed by atoms with Gasteiger partial charge in [-0.05, 0) is 57.7 Å². The average molecular weight is 545 g/mol. The molecule has 7 nitrogen and oxygen atoms in total. The van der Waals surface area contributed by atoms with E-state index in [1.807, 2.05) is 28.7 Å². The number of fused-ring (bicyclic) bond motifs is 3. The summed E-state index contributed by atoms with van der Waals surface area (Å²) in [6.07, 6.45) is 0. The Morgan fingerprint density at radius 2 is 1.85 bits per heavy atom. The maximum absolute atomic E-state index is 13.1. The monoisotopic (exact) mass is 543 g/mol. The minimum Gasteiger partial charge on any atom is -0.355 e. The standard InChI is InChI=1S/C23H22BrN5O2S2/c1-15(2)16-13-21(29-19-6-4-3-5-18(19)26-23(29)17(16)14-25)27-9-11-28(12-10-27)33(30,31)22-8-7-20(24)32-22/h3-8,13,15H,9-12H2,1-2H3. The third-order valence-corrected chi connectivity index (χ3v) is 10.0. The van der Waals surface area contributed by atoms with Gasteiger partial charge in [-0.3, -0.25) is 4.40 Å². The predicted octanol–water partition coefficient (Wildman–Crippen LogP) is 4.82. The van der Waals surface area contributed by atoms with Crippen LogP contribution in [-0.4, -0.2) is 48.3 Å². The molecule has 33 heavy (non-hydrogen) atoms. The third-order valence-electron chi connectivity index (χ3n) is 6.03. The van der Waals surface area contributed by atoms with Gasteiger partial charge in [-0.2, -0.15) is 9.57 Å². The van der Waals surface area contributed by atoms with Crippen molar-refractivity contribution in [3.63, 3.8) is 0 Å². The zero-order valence-corrected chi connectivity index (χ0v) is 21.4. The molecule has 10 heteroatoms. The Morgan fingerprint density at radius 3 is 2.48 bits per heavy atom. The van der Waals surface area contributed by atoms with Crippen LogP contribution in [0.4, 0.5) is 5.82 Å². The Labute approximate surface area is 205 Å².